The lowest BCUT2D eigenvalue weighted by molar-refractivity contribution is -0.144. The number of aryl methyl sites for hydroxylation is 1. The third-order valence-corrected chi connectivity index (χ3v) is 13.5. The first kappa shape index (κ1) is 54.2. The van der Waals surface area contributed by atoms with Crippen LogP contribution in [0.25, 0.3) is 10.4 Å². The fourth-order valence-electron chi connectivity index (χ4n) is 8.14. The lowest BCUT2D eigenvalue weighted by atomic mass is 9.77. The highest BCUT2D eigenvalue weighted by Gasteiger charge is 2.44. The Balaban J connectivity index is 0.851. The number of aliphatic hydroxyl groups is 1. The fraction of sp³-hybridized carbons (Fsp3) is 0.453. The number of likely N-dealkylation sites (tertiary alicyclic amines) is 1. The molecule has 0 bridgehead atoms. The minimum Gasteiger partial charge on any atom is -0.491 e. The number of nitriles is 1. The average molecular weight is 1010 g/mol. The molecular weight excluding hydrogens is 944 g/mol. The number of hydrogen-bond acceptors (Lipinski definition) is 14. The summed E-state index contributed by atoms with van der Waals surface area (Å²) >= 11 is 8.30. The second kappa shape index (κ2) is 25.3. The maximum atomic E-state index is 14.0. The van der Waals surface area contributed by atoms with Crippen LogP contribution in [0.1, 0.15) is 100 Å². The van der Waals surface area contributed by atoms with Crippen LogP contribution in [0.5, 0.6) is 11.5 Å². The summed E-state index contributed by atoms with van der Waals surface area (Å²) in [5.74, 6) is -0.0298. The van der Waals surface area contributed by atoms with Gasteiger partial charge in [0.05, 0.1) is 45.1 Å². The number of amides is 3. The van der Waals surface area contributed by atoms with E-state index >= 15 is 0 Å². The molecule has 1 fully saturated rings. The summed E-state index contributed by atoms with van der Waals surface area (Å²) in [6, 6.07) is 21.5. The molecule has 3 heterocycles. The number of thiazole rings is 1. The Kier molecular flexibility index (Phi) is 19.3. The Bertz CT molecular complexity index is 2610. The van der Waals surface area contributed by atoms with Gasteiger partial charge in [0, 0.05) is 50.9 Å². The summed E-state index contributed by atoms with van der Waals surface area (Å²) in [5.41, 5.74) is 12.1. The molecule has 1 saturated heterocycles. The van der Waals surface area contributed by atoms with Crippen LogP contribution < -0.4 is 25.8 Å². The van der Waals surface area contributed by atoms with Crippen molar-refractivity contribution in [3.63, 3.8) is 0 Å². The number of ether oxygens (including phenoxy) is 4. The Labute approximate surface area is 425 Å². The number of anilines is 1. The van der Waals surface area contributed by atoms with E-state index in [1.807, 2.05) is 93.9 Å². The van der Waals surface area contributed by atoms with Gasteiger partial charge in [-0.15, -0.1) is 11.3 Å². The molecule has 5 N–H and O–H groups in total. The summed E-state index contributed by atoms with van der Waals surface area (Å²) in [6.07, 6.45) is 3.77. The normalized spacial score (nSPS) is 15.2. The zero-order valence-electron chi connectivity index (χ0n) is 41.3. The molecule has 71 heavy (non-hydrogen) atoms. The number of carbonyl (C=O) groups excluding carboxylic acids is 3. The molecule has 5 aromatic rings. The van der Waals surface area contributed by atoms with Crippen molar-refractivity contribution in [2.45, 2.75) is 110 Å². The number of nitrogen functional groups attached to an aromatic ring is 1. The minimum absolute atomic E-state index is 0.0150. The van der Waals surface area contributed by atoms with Crippen LogP contribution >= 0.6 is 22.9 Å². The molecule has 0 radical (unpaired) electrons. The van der Waals surface area contributed by atoms with Crippen molar-refractivity contribution in [3.8, 4) is 28.0 Å². The highest BCUT2D eigenvalue weighted by Crippen LogP contribution is 2.39. The van der Waals surface area contributed by atoms with E-state index in [4.69, 9.17) is 36.3 Å². The van der Waals surface area contributed by atoms with Crippen molar-refractivity contribution in [3.05, 3.63) is 117 Å². The van der Waals surface area contributed by atoms with Crippen molar-refractivity contribution in [2.24, 2.45) is 5.41 Å². The molecule has 16 nitrogen and oxygen atoms in total. The Morgan fingerprint density at radius 3 is 2.34 bits per heavy atom. The van der Waals surface area contributed by atoms with Crippen LogP contribution in [-0.2, 0) is 42.4 Å². The van der Waals surface area contributed by atoms with Crippen molar-refractivity contribution >= 4 is 46.6 Å². The standard InChI is InChI=1S/C53H65ClN8O8S/c1-34-47(71-33-59-34)36-13-11-35(12-14-36)29-58-49(65)44-27-41(63)30-62(44)50(66)48(52(2,3)4)61-45(64)32-68-23-10-22-67-21-8-7-9-24-69-46-37(28-55)25-39(26-43(46)54)53(5,6)38-15-17-42(18-16-38)70-31-40-19-20-57-51(56)60-40/h11-20,25-26,33,41,44,48,63H,7-10,21-24,27,29-32H2,1-6H3,(H,58,65)(H,61,64)(H2,56,57,60)/t41-,44+,48-/m1/s1. The van der Waals surface area contributed by atoms with Gasteiger partial charge in [-0.3, -0.25) is 14.4 Å². The molecule has 0 unspecified atom stereocenters. The van der Waals surface area contributed by atoms with Gasteiger partial charge in [0.25, 0.3) is 0 Å². The van der Waals surface area contributed by atoms with Crippen LogP contribution in [0, 0.1) is 23.7 Å². The quantitative estimate of drug-likeness (QED) is 0.0436. The van der Waals surface area contributed by atoms with Crippen LogP contribution in [0.4, 0.5) is 5.95 Å². The molecule has 3 atom stereocenters. The Hall–Kier alpha value is -6.16. The molecule has 3 aromatic carbocycles. The number of halogens is 1. The second-order valence-electron chi connectivity index (χ2n) is 19.2. The molecule has 1 aliphatic heterocycles. The van der Waals surface area contributed by atoms with Crippen LogP contribution in [0.3, 0.4) is 0 Å². The molecular formula is C53H65ClN8O8S. The summed E-state index contributed by atoms with van der Waals surface area (Å²) in [5, 5.41) is 26.7. The van der Waals surface area contributed by atoms with Gasteiger partial charge in [-0.2, -0.15) is 5.26 Å². The number of nitrogens with zero attached hydrogens (tertiary/aromatic N) is 5. The molecule has 2 aromatic heterocycles. The van der Waals surface area contributed by atoms with Crippen LogP contribution in [-0.4, -0.2) is 100 Å². The molecule has 378 valence electrons. The van der Waals surface area contributed by atoms with Gasteiger partial charge in [-0.05, 0) is 90.6 Å². The lowest BCUT2D eigenvalue weighted by Crippen LogP contribution is -2.58. The van der Waals surface area contributed by atoms with E-state index in [9.17, 15) is 24.8 Å². The highest BCUT2D eigenvalue weighted by atomic mass is 35.5. The lowest BCUT2D eigenvalue weighted by Gasteiger charge is -2.35. The van der Waals surface area contributed by atoms with Crippen molar-refractivity contribution in [1.82, 2.24) is 30.5 Å². The summed E-state index contributed by atoms with van der Waals surface area (Å²) < 4.78 is 23.3. The summed E-state index contributed by atoms with van der Waals surface area (Å²) in [6.45, 7) is 13.5. The van der Waals surface area contributed by atoms with E-state index in [0.717, 1.165) is 52.1 Å². The van der Waals surface area contributed by atoms with Crippen molar-refractivity contribution in [1.29, 1.82) is 5.26 Å². The Morgan fingerprint density at radius 2 is 1.65 bits per heavy atom. The number of β-amino-alcohol motifs (C(OH)–C–C–N with tert-alkyl or cyclic N) is 1. The van der Waals surface area contributed by atoms with Crippen molar-refractivity contribution in [2.75, 3.05) is 45.3 Å². The van der Waals surface area contributed by atoms with Gasteiger partial charge >= 0.3 is 0 Å². The second-order valence-corrected chi connectivity index (χ2v) is 20.4. The molecule has 1 aliphatic rings. The first-order chi connectivity index (χ1) is 33.9. The van der Waals surface area contributed by atoms with E-state index in [0.29, 0.717) is 54.0 Å². The highest BCUT2D eigenvalue weighted by molar-refractivity contribution is 7.13. The number of rotatable bonds is 24. The third-order valence-electron chi connectivity index (χ3n) is 12.3. The maximum absolute atomic E-state index is 14.0. The maximum Gasteiger partial charge on any atom is 0.246 e. The number of nitrogens with one attached hydrogen (secondary N) is 2. The van der Waals surface area contributed by atoms with E-state index in [-0.39, 0.29) is 51.2 Å². The third kappa shape index (κ3) is 15.2. The number of carbonyl (C=O) groups is 3. The average Bonchev–Trinajstić information content (AvgIpc) is 3.97. The molecule has 18 heteroatoms. The van der Waals surface area contributed by atoms with E-state index in [1.54, 1.807) is 23.6 Å². The van der Waals surface area contributed by atoms with Gasteiger partial charge in [-0.25, -0.2) is 15.0 Å². The number of hydrogen-bond donors (Lipinski definition) is 4. The predicted octanol–water partition coefficient (Wildman–Crippen LogP) is 7.70. The molecule has 0 aliphatic carbocycles. The van der Waals surface area contributed by atoms with E-state index in [2.05, 4.69) is 45.5 Å². The number of unbranched alkanes of at least 4 members (excludes halogenated alkanes) is 2. The molecule has 0 saturated carbocycles. The van der Waals surface area contributed by atoms with E-state index in [1.165, 1.54) is 4.90 Å². The number of aliphatic hydroxyl groups excluding tert-OH is 1. The zero-order valence-corrected chi connectivity index (χ0v) is 42.9. The van der Waals surface area contributed by atoms with Crippen LogP contribution in [0.2, 0.25) is 5.02 Å². The van der Waals surface area contributed by atoms with Gasteiger partial charge in [0.2, 0.25) is 23.7 Å². The summed E-state index contributed by atoms with van der Waals surface area (Å²) in [7, 11) is 0. The minimum atomic E-state index is -0.958. The number of aromatic nitrogens is 3. The Morgan fingerprint density at radius 1 is 0.930 bits per heavy atom. The molecule has 3 amide bonds. The predicted molar refractivity (Wildman–Crippen MR) is 273 cm³/mol. The molecule has 0 spiro atoms. The van der Waals surface area contributed by atoms with Gasteiger partial charge < -0.3 is 45.3 Å². The first-order valence-electron chi connectivity index (χ1n) is 23.8. The molecule has 6 rings (SSSR count). The number of nitrogens with two attached hydrogens (primary N) is 1. The van der Waals surface area contributed by atoms with Gasteiger partial charge in [-0.1, -0.05) is 82.6 Å². The van der Waals surface area contributed by atoms with E-state index < -0.39 is 40.8 Å². The van der Waals surface area contributed by atoms with Crippen molar-refractivity contribution < 1.29 is 38.4 Å². The van der Waals surface area contributed by atoms with Gasteiger partial charge in [0.15, 0.2) is 5.75 Å². The SMILES string of the molecule is Cc1ncsc1-c1ccc(CNC(=O)[C@@H]2C[C@@H](O)CN2C(=O)[C@@H](NC(=O)COCCCOCCCCCOc2c(Cl)cc(C(C)(C)c3ccc(OCc4ccnc(N)n4)cc3)cc2C#N)C(C)(C)C)cc1. The van der Waals surface area contributed by atoms with Crippen LogP contribution in [0.15, 0.2) is 78.4 Å². The largest absolute Gasteiger partial charge is 0.491 e. The smallest absolute Gasteiger partial charge is 0.246 e. The monoisotopic (exact) mass is 1010 g/mol. The topological polar surface area (TPSA) is 224 Å². The van der Waals surface area contributed by atoms with Gasteiger partial charge in [0.1, 0.15) is 37.1 Å². The number of benzene rings is 3. The summed E-state index contributed by atoms with van der Waals surface area (Å²) in [4.78, 5) is 55.3. The fourth-order valence-corrected chi connectivity index (χ4v) is 9.22. The first-order valence-corrected chi connectivity index (χ1v) is 25.1. The zero-order chi connectivity index (χ0) is 51.1.